The smallest absolute Gasteiger partial charge is 0.273 e. The summed E-state index contributed by atoms with van der Waals surface area (Å²) in [6.45, 7) is 2.70. The number of hydrogen-bond acceptors (Lipinski definition) is 4. The van der Waals surface area contributed by atoms with E-state index >= 15 is 0 Å². The van der Waals surface area contributed by atoms with Gasteiger partial charge in [-0.25, -0.2) is 9.97 Å². The number of carbonyl (C=O) groups excluding carboxylic acids is 1. The third-order valence-electron chi connectivity index (χ3n) is 1.76. The molecule has 14 heavy (non-hydrogen) atoms. The van der Waals surface area contributed by atoms with Crippen molar-refractivity contribution in [1.29, 1.82) is 0 Å². The lowest BCUT2D eigenvalue weighted by Gasteiger charge is -2.04. The van der Waals surface area contributed by atoms with Gasteiger partial charge in [0.2, 0.25) is 0 Å². The maximum atomic E-state index is 11.4. The quantitative estimate of drug-likeness (QED) is 0.687. The first-order valence-corrected chi connectivity index (χ1v) is 4.60. The lowest BCUT2D eigenvalue weighted by atomic mass is 10.3. The molecule has 0 saturated carbocycles. The lowest BCUT2D eigenvalue weighted by Crippen LogP contribution is -2.26. The first kappa shape index (κ1) is 10.4. The number of nitrogen functional groups attached to an aromatic ring is 1. The van der Waals surface area contributed by atoms with Crippen molar-refractivity contribution in [2.24, 2.45) is 0 Å². The molecular formula is C9H14N4O. The normalized spacial score (nSPS) is 9.79. The molecule has 0 aliphatic rings. The van der Waals surface area contributed by atoms with Gasteiger partial charge in [0.05, 0.1) is 0 Å². The number of anilines is 1. The molecule has 0 aromatic carbocycles. The molecule has 0 saturated heterocycles. The SMILES string of the molecule is CCCCNC(=O)c1nccnc1N. The van der Waals surface area contributed by atoms with Crippen LogP contribution in [0.2, 0.25) is 0 Å². The maximum absolute atomic E-state index is 11.4. The van der Waals surface area contributed by atoms with Gasteiger partial charge in [-0.15, -0.1) is 0 Å². The van der Waals surface area contributed by atoms with Crippen LogP contribution >= 0.6 is 0 Å². The summed E-state index contributed by atoms with van der Waals surface area (Å²) in [5.74, 6) is -0.0921. The van der Waals surface area contributed by atoms with Crippen molar-refractivity contribution >= 4 is 11.7 Å². The van der Waals surface area contributed by atoms with Crippen LogP contribution in [-0.4, -0.2) is 22.4 Å². The highest BCUT2D eigenvalue weighted by Crippen LogP contribution is 2.01. The molecule has 1 heterocycles. The molecule has 1 amide bonds. The Morgan fingerprint density at radius 1 is 1.50 bits per heavy atom. The molecule has 1 rings (SSSR count). The molecule has 0 radical (unpaired) electrons. The van der Waals surface area contributed by atoms with Gasteiger partial charge < -0.3 is 11.1 Å². The fourth-order valence-electron chi connectivity index (χ4n) is 0.986. The zero-order chi connectivity index (χ0) is 10.4. The Hall–Kier alpha value is -1.65. The maximum Gasteiger partial charge on any atom is 0.273 e. The van der Waals surface area contributed by atoms with Crippen molar-refractivity contribution in [2.45, 2.75) is 19.8 Å². The van der Waals surface area contributed by atoms with Crippen LogP contribution < -0.4 is 11.1 Å². The highest BCUT2D eigenvalue weighted by Gasteiger charge is 2.10. The first-order chi connectivity index (χ1) is 6.75. The Bertz CT molecular complexity index is 313. The molecule has 0 aliphatic carbocycles. The molecule has 0 aliphatic heterocycles. The number of aromatic nitrogens is 2. The van der Waals surface area contributed by atoms with Crippen molar-refractivity contribution in [3.05, 3.63) is 18.1 Å². The van der Waals surface area contributed by atoms with E-state index in [1.165, 1.54) is 12.4 Å². The summed E-state index contributed by atoms with van der Waals surface area (Å²) in [5.41, 5.74) is 5.69. The van der Waals surface area contributed by atoms with Crippen LogP contribution in [0, 0.1) is 0 Å². The van der Waals surface area contributed by atoms with Gasteiger partial charge in [-0.2, -0.15) is 0 Å². The van der Waals surface area contributed by atoms with Gasteiger partial charge in [-0.1, -0.05) is 13.3 Å². The fraction of sp³-hybridized carbons (Fsp3) is 0.444. The van der Waals surface area contributed by atoms with Crippen LogP contribution in [0.25, 0.3) is 0 Å². The summed E-state index contributed by atoms with van der Waals surface area (Å²) >= 11 is 0. The number of hydrogen-bond donors (Lipinski definition) is 2. The number of unbranched alkanes of at least 4 members (excludes halogenated alkanes) is 1. The predicted molar refractivity (Wildman–Crippen MR) is 53.7 cm³/mol. The lowest BCUT2D eigenvalue weighted by molar-refractivity contribution is 0.0949. The standard InChI is InChI=1S/C9H14N4O/c1-2-3-4-13-9(14)7-8(10)12-6-5-11-7/h5-6H,2-4H2,1H3,(H2,10,12)(H,13,14). The predicted octanol–water partition coefficient (Wildman–Crippen LogP) is 0.589. The molecule has 0 atom stereocenters. The minimum absolute atomic E-state index is 0.168. The molecule has 76 valence electrons. The van der Waals surface area contributed by atoms with Crippen molar-refractivity contribution in [3.63, 3.8) is 0 Å². The second-order valence-electron chi connectivity index (χ2n) is 2.90. The highest BCUT2D eigenvalue weighted by molar-refractivity contribution is 5.96. The van der Waals surface area contributed by atoms with Gasteiger partial charge in [0.25, 0.3) is 5.91 Å². The molecule has 5 heteroatoms. The molecule has 1 aromatic heterocycles. The van der Waals surface area contributed by atoms with Crippen LogP contribution in [0.4, 0.5) is 5.82 Å². The van der Waals surface area contributed by atoms with Crippen molar-refractivity contribution in [3.8, 4) is 0 Å². The Morgan fingerprint density at radius 2 is 2.21 bits per heavy atom. The van der Waals surface area contributed by atoms with E-state index in [1.54, 1.807) is 0 Å². The van der Waals surface area contributed by atoms with E-state index in [2.05, 4.69) is 22.2 Å². The number of amides is 1. The summed E-state index contributed by atoms with van der Waals surface area (Å²) < 4.78 is 0. The van der Waals surface area contributed by atoms with Crippen molar-refractivity contribution in [2.75, 3.05) is 12.3 Å². The molecule has 5 nitrogen and oxygen atoms in total. The molecule has 0 unspecified atom stereocenters. The van der Waals surface area contributed by atoms with Gasteiger partial charge >= 0.3 is 0 Å². The van der Waals surface area contributed by atoms with Gasteiger partial charge in [-0.05, 0) is 6.42 Å². The number of nitrogens with one attached hydrogen (secondary N) is 1. The van der Waals surface area contributed by atoms with Crippen molar-refractivity contribution in [1.82, 2.24) is 15.3 Å². The highest BCUT2D eigenvalue weighted by atomic mass is 16.1. The number of rotatable bonds is 4. The van der Waals surface area contributed by atoms with E-state index in [-0.39, 0.29) is 17.4 Å². The number of carbonyl (C=O) groups is 1. The average molecular weight is 194 g/mol. The minimum Gasteiger partial charge on any atom is -0.382 e. The third-order valence-corrected chi connectivity index (χ3v) is 1.76. The Balaban J connectivity index is 2.56. The fourth-order valence-corrected chi connectivity index (χ4v) is 0.986. The second kappa shape index (κ2) is 5.16. The van der Waals surface area contributed by atoms with Crippen LogP contribution in [-0.2, 0) is 0 Å². The molecule has 1 aromatic rings. The van der Waals surface area contributed by atoms with Crippen LogP contribution in [0.3, 0.4) is 0 Å². The zero-order valence-corrected chi connectivity index (χ0v) is 8.16. The molecule has 3 N–H and O–H groups in total. The van der Waals surface area contributed by atoms with Crippen LogP contribution in [0.15, 0.2) is 12.4 Å². The summed E-state index contributed by atoms with van der Waals surface area (Å²) in [5, 5.41) is 2.72. The van der Waals surface area contributed by atoms with Gasteiger partial charge in [0.1, 0.15) is 0 Å². The Morgan fingerprint density at radius 3 is 2.86 bits per heavy atom. The Labute approximate surface area is 82.7 Å². The van der Waals surface area contributed by atoms with E-state index in [9.17, 15) is 4.79 Å². The van der Waals surface area contributed by atoms with Crippen molar-refractivity contribution < 1.29 is 4.79 Å². The third kappa shape index (κ3) is 2.69. The summed E-state index contributed by atoms with van der Waals surface area (Å²) in [6, 6.07) is 0. The average Bonchev–Trinajstić information content (AvgIpc) is 2.18. The summed E-state index contributed by atoms with van der Waals surface area (Å²) in [6.07, 6.45) is 4.89. The number of nitrogens with two attached hydrogens (primary N) is 1. The van der Waals surface area contributed by atoms with E-state index in [0.29, 0.717) is 6.54 Å². The largest absolute Gasteiger partial charge is 0.382 e. The van der Waals surface area contributed by atoms with E-state index < -0.39 is 0 Å². The molecule has 0 spiro atoms. The number of nitrogens with zero attached hydrogens (tertiary/aromatic N) is 2. The van der Waals surface area contributed by atoms with Gasteiger partial charge in [-0.3, -0.25) is 4.79 Å². The second-order valence-corrected chi connectivity index (χ2v) is 2.90. The summed E-state index contributed by atoms with van der Waals surface area (Å²) in [7, 11) is 0. The van der Waals surface area contributed by atoms with E-state index in [0.717, 1.165) is 12.8 Å². The molecule has 0 bridgehead atoms. The summed E-state index contributed by atoms with van der Waals surface area (Å²) in [4.78, 5) is 19.1. The molecule has 0 fully saturated rings. The molecular weight excluding hydrogens is 180 g/mol. The van der Waals surface area contributed by atoms with Crippen LogP contribution in [0.1, 0.15) is 30.3 Å². The minimum atomic E-state index is -0.260. The van der Waals surface area contributed by atoms with E-state index in [4.69, 9.17) is 5.73 Å². The monoisotopic (exact) mass is 194 g/mol. The van der Waals surface area contributed by atoms with Gasteiger partial charge in [0.15, 0.2) is 11.5 Å². The zero-order valence-electron chi connectivity index (χ0n) is 8.16. The Kier molecular flexibility index (Phi) is 3.84. The first-order valence-electron chi connectivity index (χ1n) is 4.60. The van der Waals surface area contributed by atoms with E-state index in [1.807, 2.05) is 0 Å². The topological polar surface area (TPSA) is 80.9 Å². The van der Waals surface area contributed by atoms with Gasteiger partial charge in [0, 0.05) is 18.9 Å². The van der Waals surface area contributed by atoms with Crippen LogP contribution in [0.5, 0.6) is 0 Å².